The molecule has 1 N–H and O–H groups in total. The van der Waals surface area contributed by atoms with Gasteiger partial charge in [-0.15, -0.1) is 0 Å². The van der Waals surface area contributed by atoms with Gasteiger partial charge in [-0.1, -0.05) is 25.1 Å². The average Bonchev–Trinajstić information content (AvgIpc) is 2.51. The minimum atomic E-state index is -0.158. The van der Waals surface area contributed by atoms with Gasteiger partial charge in [-0.2, -0.15) is 5.26 Å². The molecule has 4 heteroatoms. The van der Waals surface area contributed by atoms with E-state index < -0.39 is 0 Å². The lowest BCUT2D eigenvalue weighted by Crippen LogP contribution is -2.29. The van der Waals surface area contributed by atoms with Crippen LogP contribution in [0.2, 0.25) is 0 Å². The van der Waals surface area contributed by atoms with Gasteiger partial charge < -0.3 is 10.1 Å². The van der Waals surface area contributed by atoms with Gasteiger partial charge in [0.2, 0.25) is 0 Å². The molecule has 0 aliphatic heterocycles. The van der Waals surface area contributed by atoms with Crippen LogP contribution in [-0.4, -0.2) is 24.2 Å². The topological polar surface area (TPSA) is 57.9 Å². The third kappa shape index (κ3) is 4.17. The molecule has 1 heterocycles. The molecule has 21 heavy (non-hydrogen) atoms. The van der Waals surface area contributed by atoms with Crippen molar-refractivity contribution >= 4 is 10.9 Å². The van der Waals surface area contributed by atoms with Gasteiger partial charge in [-0.3, -0.25) is 0 Å². The molecule has 0 fully saturated rings. The van der Waals surface area contributed by atoms with Gasteiger partial charge in [0.15, 0.2) is 0 Å². The highest BCUT2D eigenvalue weighted by atomic mass is 16.5. The molecule has 2 aromatic rings. The third-order valence-corrected chi connectivity index (χ3v) is 3.28. The van der Waals surface area contributed by atoms with Crippen molar-refractivity contribution in [1.29, 1.82) is 5.26 Å². The van der Waals surface area contributed by atoms with Crippen molar-refractivity contribution in [1.82, 2.24) is 10.3 Å². The highest BCUT2D eigenvalue weighted by molar-refractivity contribution is 5.84. The Balaban J connectivity index is 2.00. The molecular formula is C17H21N3O. The SMILES string of the molecule is CCCNC(C#N)CCOc1cccc2ccc(C)nc12. The van der Waals surface area contributed by atoms with Crippen molar-refractivity contribution in [2.24, 2.45) is 0 Å². The zero-order valence-electron chi connectivity index (χ0n) is 12.6. The number of rotatable bonds is 7. The first-order valence-corrected chi connectivity index (χ1v) is 7.36. The summed E-state index contributed by atoms with van der Waals surface area (Å²) < 4.78 is 5.83. The first-order valence-electron chi connectivity index (χ1n) is 7.36. The molecule has 0 saturated heterocycles. The highest BCUT2D eigenvalue weighted by Gasteiger charge is 2.08. The van der Waals surface area contributed by atoms with Crippen LogP contribution in [-0.2, 0) is 0 Å². The minimum absolute atomic E-state index is 0.158. The van der Waals surface area contributed by atoms with E-state index in [-0.39, 0.29) is 6.04 Å². The Labute approximate surface area is 125 Å². The molecule has 1 unspecified atom stereocenters. The molecule has 1 aromatic carbocycles. The Morgan fingerprint density at radius 2 is 2.19 bits per heavy atom. The molecule has 4 nitrogen and oxygen atoms in total. The summed E-state index contributed by atoms with van der Waals surface area (Å²) in [5, 5.41) is 13.3. The molecular weight excluding hydrogens is 262 g/mol. The fourth-order valence-corrected chi connectivity index (χ4v) is 2.15. The fraction of sp³-hybridized carbons (Fsp3) is 0.412. The molecule has 0 radical (unpaired) electrons. The lowest BCUT2D eigenvalue weighted by molar-refractivity contribution is 0.300. The summed E-state index contributed by atoms with van der Waals surface area (Å²) in [4.78, 5) is 4.54. The van der Waals surface area contributed by atoms with Gasteiger partial charge in [0.25, 0.3) is 0 Å². The Morgan fingerprint density at radius 1 is 1.33 bits per heavy atom. The molecule has 0 spiro atoms. The number of pyridine rings is 1. The van der Waals surface area contributed by atoms with Gasteiger partial charge in [-0.05, 0) is 32.0 Å². The van der Waals surface area contributed by atoms with Gasteiger partial charge in [0.05, 0.1) is 18.7 Å². The smallest absolute Gasteiger partial charge is 0.145 e. The molecule has 1 atom stereocenters. The second-order valence-corrected chi connectivity index (χ2v) is 5.05. The molecule has 0 saturated carbocycles. The Kier molecular flexibility index (Phi) is 5.53. The normalized spacial score (nSPS) is 12.0. The number of hydrogen-bond donors (Lipinski definition) is 1. The van der Waals surface area contributed by atoms with Crippen LogP contribution in [0.5, 0.6) is 5.75 Å². The summed E-state index contributed by atoms with van der Waals surface area (Å²) in [6, 6.07) is 12.1. The second kappa shape index (κ2) is 7.61. The van der Waals surface area contributed by atoms with Crippen molar-refractivity contribution in [2.45, 2.75) is 32.7 Å². The number of ether oxygens (including phenoxy) is 1. The zero-order valence-corrected chi connectivity index (χ0v) is 12.6. The Bertz CT molecular complexity index is 633. The van der Waals surface area contributed by atoms with Crippen LogP contribution >= 0.6 is 0 Å². The molecule has 0 amide bonds. The van der Waals surface area contributed by atoms with Crippen molar-refractivity contribution in [3.05, 3.63) is 36.0 Å². The number of benzene rings is 1. The molecule has 0 aliphatic carbocycles. The van der Waals surface area contributed by atoms with Gasteiger partial charge in [-0.25, -0.2) is 4.98 Å². The maximum absolute atomic E-state index is 9.08. The lowest BCUT2D eigenvalue weighted by Gasteiger charge is -2.12. The van der Waals surface area contributed by atoms with Crippen LogP contribution in [0.15, 0.2) is 30.3 Å². The summed E-state index contributed by atoms with van der Waals surface area (Å²) >= 11 is 0. The quantitative estimate of drug-likeness (QED) is 0.847. The first-order chi connectivity index (χ1) is 10.2. The summed E-state index contributed by atoms with van der Waals surface area (Å²) in [6.45, 7) is 5.41. The van der Waals surface area contributed by atoms with E-state index in [2.05, 4.69) is 23.3 Å². The van der Waals surface area contributed by atoms with E-state index in [1.165, 1.54) is 0 Å². The highest BCUT2D eigenvalue weighted by Crippen LogP contribution is 2.24. The van der Waals surface area contributed by atoms with E-state index in [0.717, 1.165) is 35.3 Å². The van der Waals surface area contributed by atoms with Crippen LogP contribution in [0, 0.1) is 18.3 Å². The maximum atomic E-state index is 9.08. The predicted octanol–water partition coefficient (Wildman–Crippen LogP) is 3.20. The summed E-state index contributed by atoms with van der Waals surface area (Å²) in [5.74, 6) is 0.781. The molecule has 1 aromatic heterocycles. The van der Waals surface area contributed by atoms with Gasteiger partial charge in [0.1, 0.15) is 11.3 Å². The number of hydrogen-bond acceptors (Lipinski definition) is 4. The Hall–Kier alpha value is -2.12. The molecule has 0 bridgehead atoms. The standard InChI is InChI=1S/C17H21N3O/c1-3-10-19-15(12-18)9-11-21-16-6-4-5-14-8-7-13(2)20-17(14)16/h4-8,15,19H,3,9-11H2,1-2H3. The number of para-hydroxylation sites is 1. The van der Waals surface area contributed by atoms with Gasteiger partial charge in [0, 0.05) is 17.5 Å². The largest absolute Gasteiger partial charge is 0.491 e. The number of nitrogens with one attached hydrogen (secondary N) is 1. The van der Waals surface area contributed by atoms with Crippen molar-refractivity contribution < 1.29 is 4.74 Å². The third-order valence-electron chi connectivity index (χ3n) is 3.28. The van der Waals surface area contributed by atoms with Gasteiger partial charge >= 0.3 is 0 Å². The fourth-order valence-electron chi connectivity index (χ4n) is 2.15. The van der Waals surface area contributed by atoms with E-state index in [4.69, 9.17) is 10.00 Å². The van der Waals surface area contributed by atoms with E-state index >= 15 is 0 Å². The van der Waals surface area contributed by atoms with Crippen LogP contribution in [0.25, 0.3) is 10.9 Å². The van der Waals surface area contributed by atoms with E-state index in [9.17, 15) is 0 Å². The molecule has 0 aliphatic rings. The van der Waals surface area contributed by atoms with Crippen LogP contribution in [0.4, 0.5) is 0 Å². The molecule has 2 rings (SSSR count). The van der Waals surface area contributed by atoms with Crippen molar-refractivity contribution in [3.8, 4) is 11.8 Å². The van der Waals surface area contributed by atoms with Crippen LogP contribution < -0.4 is 10.1 Å². The zero-order chi connectivity index (χ0) is 15.1. The second-order valence-electron chi connectivity index (χ2n) is 5.05. The summed E-state index contributed by atoms with van der Waals surface area (Å²) in [6.07, 6.45) is 1.68. The van der Waals surface area contributed by atoms with Crippen LogP contribution in [0.1, 0.15) is 25.5 Å². The molecule has 110 valence electrons. The lowest BCUT2D eigenvalue weighted by atomic mass is 10.2. The van der Waals surface area contributed by atoms with Crippen molar-refractivity contribution in [3.63, 3.8) is 0 Å². The number of aromatic nitrogens is 1. The van der Waals surface area contributed by atoms with E-state index in [0.29, 0.717) is 13.0 Å². The minimum Gasteiger partial charge on any atom is -0.491 e. The number of aryl methyl sites for hydroxylation is 1. The van der Waals surface area contributed by atoms with E-state index in [1.807, 2.05) is 37.3 Å². The number of nitrogens with zero attached hydrogens (tertiary/aromatic N) is 2. The summed E-state index contributed by atoms with van der Waals surface area (Å²) in [7, 11) is 0. The van der Waals surface area contributed by atoms with Crippen LogP contribution in [0.3, 0.4) is 0 Å². The summed E-state index contributed by atoms with van der Waals surface area (Å²) in [5.41, 5.74) is 1.85. The average molecular weight is 283 g/mol. The first kappa shape index (κ1) is 15.3. The maximum Gasteiger partial charge on any atom is 0.145 e. The van der Waals surface area contributed by atoms with E-state index in [1.54, 1.807) is 0 Å². The Morgan fingerprint density at radius 3 is 2.95 bits per heavy atom. The number of nitriles is 1. The predicted molar refractivity (Wildman–Crippen MR) is 84.3 cm³/mol. The van der Waals surface area contributed by atoms with Crippen molar-refractivity contribution in [2.75, 3.05) is 13.2 Å². The number of fused-ring (bicyclic) bond motifs is 1. The monoisotopic (exact) mass is 283 g/mol.